The third-order valence-corrected chi connectivity index (χ3v) is 3.07. The molecule has 0 aliphatic heterocycles. The highest BCUT2D eigenvalue weighted by Crippen LogP contribution is 2.30. The Hall–Kier alpha value is -2.19. The average Bonchev–Trinajstić information content (AvgIpc) is 2.47. The van der Waals surface area contributed by atoms with Crippen molar-refractivity contribution in [2.45, 2.75) is 12.7 Å². The first-order valence-corrected chi connectivity index (χ1v) is 6.60. The van der Waals surface area contributed by atoms with Crippen LogP contribution >= 0.6 is 12.2 Å². The third-order valence-electron chi connectivity index (χ3n) is 2.76. The minimum atomic E-state index is -4.44. The monoisotopic (exact) mass is 327 g/mol. The lowest BCUT2D eigenvalue weighted by atomic mass is 10.2. The first-order valence-electron chi connectivity index (χ1n) is 6.20. The van der Waals surface area contributed by atoms with Crippen LogP contribution in [0.1, 0.15) is 11.1 Å². The van der Waals surface area contributed by atoms with Crippen LogP contribution in [0, 0.1) is 0 Å². The van der Waals surface area contributed by atoms with Crippen LogP contribution in [0.15, 0.2) is 48.8 Å². The molecule has 22 heavy (non-hydrogen) atoms. The van der Waals surface area contributed by atoms with Crippen LogP contribution in [0.4, 0.5) is 18.9 Å². The average molecular weight is 327 g/mol. The lowest BCUT2D eigenvalue weighted by molar-refractivity contribution is -0.137. The highest BCUT2D eigenvalue weighted by molar-refractivity contribution is 7.80. The van der Waals surface area contributed by atoms with Crippen molar-refractivity contribution in [2.75, 3.05) is 5.32 Å². The van der Waals surface area contributed by atoms with Gasteiger partial charge in [-0.2, -0.15) is 13.2 Å². The van der Waals surface area contributed by atoms with Gasteiger partial charge in [0, 0.05) is 18.1 Å². The highest BCUT2D eigenvalue weighted by atomic mass is 32.1. The van der Waals surface area contributed by atoms with Crippen LogP contribution in [0.25, 0.3) is 0 Å². The topological polar surface area (TPSA) is 48.4 Å². The Morgan fingerprint density at radius 2 is 1.91 bits per heavy atom. The molecular formula is C14H12F3N3OS. The summed E-state index contributed by atoms with van der Waals surface area (Å²) in [5.74, 6) is 0. The molecule has 0 aliphatic carbocycles. The van der Waals surface area contributed by atoms with Crippen molar-refractivity contribution in [1.82, 2.24) is 10.0 Å². The van der Waals surface area contributed by atoms with E-state index in [1.807, 2.05) is 0 Å². The fraction of sp³-hybridized carbons (Fsp3) is 0.143. The molecule has 4 nitrogen and oxygen atoms in total. The molecule has 2 rings (SSSR count). The van der Waals surface area contributed by atoms with Gasteiger partial charge in [-0.15, -0.1) is 0 Å². The summed E-state index contributed by atoms with van der Waals surface area (Å²) in [5.41, 5.74) is 0.109. The molecule has 0 aliphatic rings. The molecule has 0 bridgehead atoms. The van der Waals surface area contributed by atoms with Crippen molar-refractivity contribution >= 4 is 23.0 Å². The van der Waals surface area contributed by atoms with Gasteiger partial charge in [0.1, 0.15) is 0 Å². The predicted octanol–water partition coefficient (Wildman–Crippen LogP) is 3.69. The second-order valence-electron chi connectivity index (χ2n) is 4.42. The SMILES string of the molecule is ON(Cc1ccncc1)C(=S)Nc1cccc(C(F)(F)F)c1. The van der Waals surface area contributed by atoms with E-state index < -0.39 is 11.7 Å². The molecule has 0 fully saturated rings. The normalized spacial score (nSPS) is 11.1. The Labute approximate surface area is 130 Å². The van der Waals surface area contributed by atoms with Crippen LogP contribution in [0.3, 0.4) is 0 Å². The molecule has 116 valence electrons. The zero-order chi connectivity index (χ0) is 16.2. The molecular weight excluding hydrogens is 315 g/mol. The van der Waals surface area contributed by atoms with E-state index >= 15 is 0 Å². The zero-order valence-corrected chi connectivity index (χ0v) is 12.0. The van der Waals surface area contributed by atoms with Crippen LogP contribution in [-0.2, 0) is 12.7 Å². The number of anilines is 1. The smallest absolute Gasteiger partial charge is 0.331 e. The number of nitrogens with zero attached hydrogens (tertiary/aromatic N) is 2. The number of hydrogen-bond acceptors (Lipinski definition) is 3. The molecule has 2 aromatic rings. The summed E-state index contributed by atoms with van der Waals surface area (Å²) in [6.07, 6.45) is -1.31. The van der Waals surface area contributed by atoms with Gasteiger partial charge in [0.05, 0.1) is 12.1 Å². The van der Waals surface area contributed by atoms with Crippen molar-refractivity contribution in [3.05, 3.63) is 59.9 Å². The van der Waals surface area contributed by atoms with Crippen molar-refractivity contribution < 1.29 is 18.4 Å². The maximum Gasteiger partial charge on any atom is 0.416 e. The molecule has 0 amide bonds. The standard InChI is InChI=1S/C14H12F3N3OS/c15-14(16,17)11-2-1-3-12(8-11)19-13(22)20(21)9-10-4-6-18-7-5-10/h1-8,21H,9H2,(H,19,22). The van der Waals surface area contributed by atoms with Gasteiger partial charge in [-0.3, -0.25) is 10.2 Å². The van der Waals surface area contributed by atoms with E-state index in [-0.39, 0.29) is 17.3 Å². The highest BCUT2D eigenvalue weighted by Gasteiger charge is 2.30. The largest absolute Gasteiger partial charge is 0.416 e. The number of hydrogen-bond donors (Lipinski definition) is 2. The number of aromatic nitrogens is 1. The summed E-state index contributed by atoms with van der Waals surface area (Å²) in [6, 6.07) is 7.96. The Balaban J connectivity index is 2.02. The van der Waals surface area contributed by atoms with Crippen molar-refractivity contribution in [3.63, 3.8) is 0 Å². The molecule has 0 saturated carbocycles. The summed E-state index contributed by atoms with van der Waals surface area (Å²) >= 11 is 4.96. The van der Waals surface area contributed by atoms with Crippen molar-refractivity contribution in [1.29, 1.82) is 0 Å². The first kappa shape index (κ1) is 16.2. The van der Waals surface area contributed by atoms with Crippen LogP contribution < -0.4 is 5.32 Å². The van der Waals surface area contributed by atoms with Crippen molar-refractivity contribution in [2.24, 2.45) is 0 Å². The summed E-state index contributed by atoms with van der Waals surface area (Å²) in [5, 5.41) is 13.1. The molecule has 1 heterocycles. The van der Waals surface area contributed by atoms with E-state index in [4.69, 9.17) is 12.2 Å². The van der Waals surface area contributed by atoms with Gasteiger partial charge in [0.15, 0.2) is 5.11 Å². The van der Waals surface area contributed by atoms with E-state index in [2.05, 4.69) is 10.3 Å². The Bertz CT molecular complexity index is 649. The van der Waals surface area contributed by atoms with Gasteiger partial charge in [-0.1, -0.05) is 6.07 Å². The second-order valence-corrected chi connectivity index (χ2v) is 4.81. The number of rotatable bonds is 3. The van der Waals surface area contributed by atoms with Gasteiger partial charge in [-0.05, 0) is 48.1 Å². The molecule has 0 radical (unpaired) electrons. The zero-order valence-electron chi connectivity index (χ0n) is 11.2. The Morgan fingerprint density at radius 3 is 2.55 bits per heavy atom. The van der Waals surface area contributed by atoms with Crippen LogP contribution in [0.2, 0.25) is 0 Å². The Morgan fingerprint density at radius 1 is 1.23 bits per heavy atom. The second kappa shape index (κ2) is 6.71. The first-order chi connectivity index (χ1) is 10.4. The summed E-state index contributed by atoms with van der Waals surface area (Å²) in [7, 11) is 0. The number of benzene rings is 1. The number of pyridine rings is 1. The lowest BCUT2D eigenvalue weighted by Crippen LogP contribution is -2.31. The molecule has 8 heteroatoms. The van der Waals surface area contributed by atoms with E-state index in [1.165, 1.54) is 12.1 Å². The molecule has 0 saturated heterocycles. The number of halogens is 3. The minimum Gasteiger partial charge on any atom is -0.331 e. The summed E-state index contributed by atoms with van der Waals surface area (Å²) < 4.78 is 37.9. The van der Waals surface area contributed by atoms with E-state index in [9.17, 15) is 18.4 Å². The maximum absolute atomic E-state index is 12.6. The lowest BCUT2D eigenvalue weighted by Gasteiger charge is -2.19. The molecule has 1 aromatic carbocycles. The Kier molecular flexibility index (Phi) is 4.94. The predicted molar refractivity (Wildman–Crippen MR) is 79.2 cm³/mol. The molecule has 0 atom stereocenters. The number of nitrogens with one attached hydrogen (secondary N) is 1. The van der Waals surface area contributed by atoms with Gasteiger partial charge >= 0.3 is 6.18 Å². The van der Waals surface area contributed by atoms with Gasteiger partial charge in [0.25, 0.3) is 0 Å². The molecule has 1 aromatic heterocycles. The van der Waals surface area contributed by atoms with E-state index in [1.54, 1.807) is 24.5 Å². The molecule has 0 spiro atoms. The fourth-order valence-electron chi connectivity index (χ4n) is 1.69. The molecule has 2 N–H and O–H groups in total. The van der Waals surface area contributed by atoms with E-state index in [0.29, 0.717) is 0 Å². The maximum atomic E-state index is 12.6. The molecule has 0 unspecified atom stereocenters. The number of thiocarbonyl (C=S) groups is 1. The van der Waals surface area contributed by atoms with Gasteiger partial charge in [0.2, 0.25) is 0 Å². The third kappa shape index (κ3) is 4.40. The number of hydroxylamine groups is 2. The van der Waals surface area contributed by atoms with Gasteiger partial charge < -0.3 is 5.32 Å². The van der Waals surface area contributed by atoms with Crippen LogP contribution in [0.5, 0.6) is 0 Å². The fourth-order valence-corrected chi connectivity index (χ4v) is 1.88. The summed E-state index contributed by atoms with van der Waals surface area (Å²) in [6.45, 7) is 0.0906. The van der Waals surface area contributed by atoms with Crippen LogP contribution in [-0.4, -0.2) is 20.4 Å². The van der Waals surface area contributed by atoms with Gasteiger partial charge in [-0.25, -0.2) is 5.06 Å². The summed E-state index contributed by atoms with van der Waals surface area (Å²) in [4.78, 5) is 3.84. The van der Waals surface area contributed by atoms with E-state index in [0.717, 1.165) is 22.8 Å². The number of alkyl halides is 3. The quantitative estimate of drug-likeness (QED) is 0.665. The van der Waals surface area contributed by atoms with Crippen molar-refractivity contribution in [3.8, 4) is 0 Å². The minimum absolute atomic E-state index is 0.0906.